The first kappa shape index (κ1) is 13.2. The summed E-state index contributed by atoms with van der Waals surface area (Å²) in [5.41, 5.74) is 6.21. The molecule has 0 bridgehead atoms. The molecule has 17 heavy (non-hydrogen) atoms. The van der Waals surface area contributed by atoms with E-state index in [9.17, 15) is 9.90 Å². The van der Waals surface area contributed by atoms with Gasteiger partial charge in [0.15, 0.2) is 11.5 Å². The summed E-state index contributed by atoms with van der Waals surface area (Å²) in [7, 11) is 1.44. The molecule has 92 valence electrons. The molecule has 0 saturated carbocycles. The van der Waals surface area contributed by atoms with Crippen molar-refractivity contribution in [2.45, 2.75) is 13.0 Å². The Morgan fingerprint density at radius 3 is 2.71 bits per heavy atom. The summed E-state index contributed by atoms with van der Waals surface area (Å²) in [5, 5.41) is 12.1. The zero-order valence-electron chi connectivity index (χ0n) is 9.56. The molecular weight excluding hydrogens is 240 g/mol. The van der Waals surface area contributed by atoms with Crippen molar-refractivity contribution < 1.29 is 14.6 Å². The van der Waals surface area contributed by atoms with Crippen LogP contribution in [-0.4, -0.2) is 23.1 Å². The largest absolute Gasteiger partial charge is 0.504 e. The van der Waals surface area contributed by atoms with Crippen LogP contribution in [0.5, 0.6) is 11.5 Å². The van der Waals surface area contributed by atoms with Gasteiger partial charge in [0.1, 0.15) is 11.0 Å². The van der Waals surface area contributed by atoms with Gasteiger partial charge in [0, 0.05) is 6.92 Å². The minimum absolute atomic E-state index is 0.0146. The monoisotopic (exact) mass is 254 g/mol. The van der Waals surface area contributed by atoms with Gasteiger partial charge in [0.05, 0.1) is 7.11 Å². The van der Waals surface area contributed by atoms with Crippen molar-refractivity contribution in [3.8, 4) is 11.5 Å². The highest BCUT2D eigenvalue weighted by molar-refractivity contribution is 7.80. The molecule has 1 aromatic rings. The Labute approximate surface area is 105 Å². The van der Waals surface area contributed by atoms with Crippen LogP contribution in [0.15, 0.2) is 18.2 Å². The van der Waals surface area contributed by atoms with Gasteiger partial charge in [-0.1, -0.05) is 18.3 Å². The third-order valence-corrected chi connectivity index (χ3v) is 2.40. The summed E-state index contributed by atoms with van der Waals surface area (Å²) in [5.74, 6) is 0.0738. The van der Waals surface area contributed by atoms with Crippen LogP contribution in [0, 0.1) is 0 Å². The molecule has 1 rings (SSSR count). The summed E-state index contributed by atoms with van der Waals surface area (Å²) >= 11 is 4.89. The number of ether oxygens (including phenoxy) is 1. The normalized spacial score (nSPS) is 11.6. The first-order valence-electron chi connectivity index (χ1n) is 4.89. The highest BCUT2D eigenvalue weighted by Crippen LogP contribution is 2.29. The van der Waals surface area contributed by atoms with Crippen LogP contribution >= 0.6 is 12.2 Å². The van der Waals surface area contributed by atoms with Crippen LogP contribution in [0.1, 0.15) is 18.5 Å². The van der Waals surface area contributed by atoms with Gasteiger partial charge >= 0.3 is 0 Å². The number of carbonyl (C=O) groups is 1. The van der Waals surface area contributed by atoms with Crippen molar-refractivity contribution in [3.63, 3.8) is 0 Å². The van der Waals surface area contributed by atoms with Crippen LogP contribution in [0.3, 0.4) is 0 Å². The van der Waals surface area contributed by atoms with Gasteiger partial charge in [-0.2, -0.15) is 0 Å². The summed E-state index contributed by atoms with van der Waals surface area (Å²) in [6.45, 7) is 1.38. The number of rotatable bonds is 4. The molecule has 5 nitrogen and oxygen atoms in total. The van der Waals surface area contributed by atoms with Crippen molar-refractivity contribution in [1.82, 2.24) is 5.32 Å². The first-order valence-corrected chi connectivity index (χ1v) is 5.30. The van der Waals surface area contributed by atoms with E-state index >= 15 is 0 Å². The number of aromatic hydroxyl groups is 1. The Kier molecular flexibility index (Phi) is 4.28. The third-order valence-electron chi connectivity index (χ3n) is 2.17. The molecule has 1 aromatic carbocycles. The Bertz CT molecular complexity index is 448. The van der Waals surface area contributed by atoms with Crippen molar-refractivity contribution in [1.29, 1.82) is 0 Å². The Balaban J connectivity index is 3.10. The topological polar surface area (TPSA) is 84.6 Å². The molecular formula is C11H14N2O3S. The van der Waals surface area contributed by atoms with Crippen LogP contribution in [0.4, 0.5) is 0 Å². The molecule has 1 amide bonds. The van der Waals surface area contributed by atoms with Crippen LogP contribution in [0.2, 0.25) is 0 Å². The molecule has 0 aliphatic carbocycles. The van der Waals surface area contributed by atoms with Gasteiger partial charge in [-0.3, -0.25) is 4.79 Å². The van der Waals surface area contributed by atoms with E-state index in [1.165, 1.54) is 20.1 Å². The highest BCUT2D eigenvalue weighted by Gasteiger charge is 2.17. The van der Waals surface area contributed by atoms with Crippen molar-refractivity contribution in [3.05, 3.63) is 23.8 Å². The number of nitrogens with two attached hydrogens (primary N) is 1. The van der Waals surface area contributed by atoms with E-state index in [2.05, 4.69) is 5.32 Å². The van der Waals surface area contributed by atoms with E-state index in [0.29, 0.717) is 11.3 Å². The van der Waals surface area contributed by atoms with Crippen molar-refractivity contribution in [2.75, 3.05) is 7.11 Å². The molecule has 0 spiro atoms. The lowest BCUT2D eigenvalue weighted by molar-refractivity contribution is -0.119. The molecule has 0 fully saturated rings. The number of hydrogen-bond acceptors (Lipinski definition) is 4. The predicted molar refractivity (Wildman–Crippen MR) is 68.0 cm³/mol. The summed E-state index contributed by atoms with van der Waals surface area (Å²) in [6.07, 6.45) is 0. The quantitative estimate of drug-likeness (QED) is 0.694. The molecule has 1 unspecified atom stereocenters. The Morgan fingerprint density at radius 2 is 2.24 bits per heavy atom. The maximum Gasteiger partial charge on any atom is 0.217 e. The third kappa shape index (κ3) is 3.32. The minimum atomic E-state index is -0.572. The molecule has 0 radical (unpaired) electrons. The number of nitrogens with one attached hydrogen (secondary N) is 1. The zero-order valence-corrected chi connectivity index (χ0v) is 10.4. The number of phenolic OH excluding ortho intramolecular Hbond substituents is 1. The maximum absolute atomic E-state index is 11.0. The lowest BCUT2D eigenvalue weighted by Crippen LogP contribution is -2.35. The van der Waals surface area contributed by atoms with Crippen molar-refractivity contribution in [2.24, 2.45) is 5.73 Å². The van der Waals surface area contributed by atoms with Gasteiger partial charge in [-0.05, 0) is 17.7 Å². The smallest absolute Gasteiger partial charge is 0.217 e. The number of thiocarbonyl (C=S) groups is 1. The second kappa shape index (κ2) is 5.49. The van der Waals surface area contributed by atoms with Gasteiger partial charge in [-0.25, -0.2) is 0 Å². The second-order valence-electron chi connectivity index (χ2n) is 3.47. The van der Waals surface area contributed by atoms with Crippen molar-refractivity contribution >= 4 is 23.1 Å². The van der Waals surface area contributed by atoms with Gasteiger partial charge < -0.3 is 20.9 Å². The number of carbonyl (C=O) groups excluding carboxylic acids is 1. The standard InChI is InChI=1S/C11H14N2O3S/c1-6(14)13-10(11(12)17)7-3-4-8(15)9(5-7)16-2/h3-5,10,15H,1-2H3,(H2,12,17)(H,13,14). The highest BCUT2D eigenvalue weighted by atomic mass is 32.1. The second-order valence-corrected chi connectivity index (χ2v) is 3.94. The summed E-state index contributed by atoms with van der Waals surface area (Å²) in [6, 6.07) is 4.09. The fourth-order valence-electron chi connectivity index (χ4n) is 1.40. The lowest BCUT2D eigenvalue weighted by Gasteiger charge is -2.17. The average Bonchev–Trinajstić information content (AvgIpc) is 2.26. The number of benzene rings is 1. The van der Waals surface area contributed by atoms with Gasteiger partial charge in [-0.15, -0.1) is 0 Å². The Hall–Kier alpha value is -1.82. The van der Waals surface area contributed by atoms with E-state index in [1.807, 2.05) is 0 Å². The molecule has 0 aromatic heterocycles. The van der Waals surface area contributed by atoms with Gasteiger partial charge in [0.2, 0.25) is 5.91 Å². The molecule has 0 aliphatic rings. The molecule has 6 heteroatoms. The van der Waals surface area contributed by atoms with Crippen LogP contribution in [-0.2, 0) is 4.79 Å². The maximum atomic E-state index is 11.0. The molecule has 0 saturated heterocycles. The van der Waals surface area contributed by atoms with E-state index in [-0.39, 0.29) is 16.6 Å². The number of amides is 1. The number of methoxy groups -OCH3 is 1. The van der Waals surface area contributed by atoms with Gasteiger partial charge in [0.25, 0.3) is 0 Å². The first-order chi connectivity index (χ1) is 7.95. The molecule has 0 aliphatic heterocycles. The average molecular weight is 254 g/mol. The Morgan fingerprint density at radius 1 is 1.59 bits per heavy atom. The van der Waals surface area contributed by atoms with Crippen LogP contribution < -0.4 is 15.8 Å². The fourth-order valence-corrected chi connectivity index (χ4v) is 1.59. The minimum Gasteiger partial charge on any atom is -0.504 e. The fraction of sp³-hybridized carbons (Fsp3) is 0.273. The number of phenols is 1. The molecule has 0 heterocycles. The zero-order chi connectivity index (χ0) is 13.0. The van der Waals surface area contributed by atoms with E-state index < -0.39 is 6.04 Å². The summed E-state index contributed by atoms with van der Waals surface area (Å²) < 4.78 is 4.97. The van der Waals surface area contributed by atoms with E-state index in [4.69, 9.17) is 22.7 Å². The number of hydrogen-bond donors (Lipinski definition) is 3. The summed E-state index contributed by atoms with van der Waals surface area (Å²) in [4.78, 5) is 11.2. The molecule has 4 N–H and O–H groups in total. The van der Waals surface area contributed by atoms with E-state index in [1.54, 1.807) is 12.1 Å². The predicted octanol–water partition coefficient (Wildman–Crippen LogP) is 0.864. The van der Waals surface area contributed by atoms with E-state index in [0.717, 1.165) is 0 Å². The lowest BCUT2D eigenvalue weighted by atomic mass is 10.1. The SMILES string of the molecule is COc1cc(C(NC(C)=O)C(N)=S)ccc1O. The molecule has 1 atom stereocenters. The van der Waals surface area contributed by atoms with Crippen LogP contribution in [0.25, 0.3) is 0 Å².